The minimum Gasteiger partial charge on any atom is -0.451 e. The number of carbonyl (C=O) groups is 2. The third kappa shape index (κ3) is 5.26. The van der Waals surface area contributed by atoms with E-state index in [4.69, 9.17) is 9.88 Å². The Hall–Kier alpha value is -2.60. The zero-order chi connectivity index (χ0) is 21.0. The summed E-state index contributed by atoms with van der Waals surface area (Å²) in [5, 5.41) is 11.0. The largest absolute Gasteiger partial charge is 0.451 e. The number of hydrogen-bond acceptors (Lipinski definition) is 7. The lowest BCUT2D eigenvalue weighted by atomic mass is 10.1. The van der Waals surface area contributed by atoms with Crippen LogP contribution in [0.3, 0.4) is 0 Å². The summed E-state index contributed by atoms with van der Waals surface area (Å²) in [6.07, 6.45) is 0. The van der Waals surface area contributed by atoms with Crippen LogP contribution < -0.4 is 10.5 Å². The Labute approximate surface area is 174 Å². The first-order valence-electron chi connectivity index (χ1n) is 8.11. The van der Waals surface area contributed by atoms with Crippen molar-refractivity contribution in [2.24, 2.45) is 5.14 Å². The molecule has 0 aliphatic heterocycles. The SMILES string of the molecule is NS(=O)(=O)c1ccsc1C(=O)OCC(=O)NC(c1ccc(F)cc1)c1cccs1. The Morgan fingerprint density at radius 2 is 1.83 bits per heavy atom. The molecule has 1 aromatic carbocycles. The molecular formula is C18H15FN2O5S3. The molecule has 11 heteroatoms. The summed E-state index contributed by atoms with van der Waals surface area (Å²) in [6.45, 7) is -0.621. The van der Waals surface area contributed by atoms with Crippen molar-refractivity contribution in [1.82, 2.24) is 5.32 Å². The van der Waals surface area contributed by atoms with Gasteiger partial charge in [0.15, 0.2) is 6.61 Å². The summed E-state index contributed by atoms with van der Waals surface area (Å²) in [4.78, 5) is 24.8. The molecule has 7 nitrogen and oxygen atoms in total. The van der Waals surface area contributed by atoms with Crippen molar-refractivity contribution in [1.29, 1.82) is 0 Å². The predicted molar refractivity (Wildman–Crippen MR) is 107 cm³/mol. The molecule has 0 spiro atoms. The number of amides is 1. The van der Waals surface area contributed by atoms with E-state index in [0.717, 1.165) is 16.2 Å². The number of ether oxygens (including phenoxy) is 1. The summed E-state index contributed by atoms with van der Waals surface area (Å²) >= 11 is 2.25. The van der Waals surface area contributed by atoms with Gasteiger partial charge in [0, 0.05) is 4.88 Å². The second kappa shape index (κ2) is 8.82. The molecule has 2 aromatic heterocycles. The fraction of sp³-hybridized carbons (Fsp3) is 0.111. The van der Waals surface area contributed by atoms with Crippen molar-refractivity contribution in [2.75, 3.05) is 6.61 Å². The molecular weight excluding hydrogens is 439 g/mol. The van der Waals surface area contributed by atoms with Gasteiger partial charge in [0.05, 0.1) is 6.04 Å². The maximum absolute atomic E-state index is 13.2. The molecule has 29 heavy (non-hydrogen) atoms. The highest BCUT2D eigenvalue weighted by Gasteiger charge is 2.24. The zero-order valence-electron chi connectivity index (χ0n) is 14.7. The molecule has 0 aliphatic carbocycles. The van der Waals surface area contributed by atoms with Crippen LogP contribution in [0.4, 0.5) is 4.39 Å². The first-order valence-corrected chi connectivity index (χ1v) is 11.4. The van der Waals surface area contributed by atoms with Crippen molar-refractivity contribution in [2.45, 2.75) is 10.9 Å². The number of esters is 1. The fourth-order valence-electron chi connectivity index (χ4n) is 2.50. The van der Waals surface area contributed by atoms with Gasteiger partial charge in [-0.05, 0) is 40.6 Å². The van der Waals surface area contributed by atoms with E-state index < -0.39 is 40.4 Å². The second-order valence-electron chi connectivity index (χ2n) is 5.80. The highest BCUT2D eigenvalue weighted by Crippen LogP contribution is 2.26. The third-order valence-corrected chi connectivity index (χ3v) is 6.71. The highest BCUT2D eigenvalue weighted by molar-refractivity contribution is 7.89. The van der Waals surface area contributed by atoms with Gasteiger partial charge < -0.3 is 10.1 Å². The van der Waals surface area contributed by atoms with Gasteiger partial charge in [-0.25, -0.2) is 22.7 Å². The maximum atomic E-state index is 13.2. The number of nitrogens with one attached hydrogen (secondary N) is 1. The Morgan fingerprint density at radius 3 is 2.45 bits per heavy atom. The number of thiophene rings is 2. The van der Waals surface area contributed by atoms with E-state index in [9.17, 15) is 22.4 Å². The maximum Gasteiger partial charge on any atom is 0.350 e. The van der Waals surface area contributed by atoms with Crippen LogP contribution in [0.2, 0.25) is 0 Å². The van der Waals surface area contributed by atoms with E-state index in [1.54, 1.807) is 12.1 Å². The van der Waals surface area contributed by atoms with E-state index >= 15 is 0 Å². The highest BCUT2D eigenvalue weighted by atomic mass is 32.2. The molecule has 152 valence electrons. The van der Waals surface area contributed by atoms with E-state index in [-0.39, 0.29) is 9.77 Å². The number of hydrogen-bond donors (Lipinski definition) is 2. The van der Waals surface area contributed by atoms with E-state index in [2.05, 4.69) is 5.32 Å². The topological polar surface area (TPSA) is 116 Å². The lowest BCUT2D eigenvalue weighted by Crippen LogP contribution is -2.32. The van der Waals surface area contributed by atoms with Crippen LogP contribution in [-0.2, 0) is 19.6 Å². The number of nitrogens with two attached hydrogens (primary N) is 1. The quantitative estimate of drug-likeness (QED) is 0.533. The molecule has 1 unspecified atom stereocenters. The third-order valence-electron chi connectivity index (χ3n) is 3.79. The molecule has 3 N–H and O–H groups in total. The van der Waals surface area contributed by atoms with Crippen LogP contribution in [0.5, 0.6) is 0 Å². The number of sulfonamides is 1. The zero-order valence-corrected chi connectivity index (χ0v) is 17.2. The minimum absolute atomic E-state index is 0.200. The Morgan fingerprint density at radius 1 is 1.10 bits per heavy atom. The van der Waals surface area contributed by atoms with Gasteiger partial charge in [-0.2, -0.15) is 0 Å². The lowest BCUT2D eigenvalue weighted by molar-refractivity contribution is -0.124. The van der Waals surface area contributed by atoms with Crippen LogP contribution in [0, 0.1) is 5.82 Å². The van der Waals surface area contributed by atoms with Crippen molar-refractivity contribution >= 4 is 44.6 Å². The molecule has 1 atom stereocenters. The molecule has 3 aromatic rings. The molecule has 0 bridgehead atoms. The van der Waals surface area contributed by atoms with Gasteiger partial charge in [0.2, 0.25) is 10.0 Å². The number of rotatable bonds is 7. The molecule has 0 aliphatic rings. The predicted octanol–water partition coefficient (Wildman–Crippen LogP) is 2.66. The smallest absolute Gasteiger partial charge is 0.350 e. The summed E-state index contributed by atoms with van der Waals surface area (Å²) in [6, 6.07) is 9.94. The molecule has 0 radical (unpaired) electrons. The van der Waals surface area contributed by atoms with Gasteiger partial charge in [-0.15, -0.1) is 22.7 Å². The van der Waals surface area contributed by atoms with Crippen molar-refractivity contribution in [3.63, 3.8) is 0 Å². The van der Waals surface area contributed by atoms with Crippen molar-refractivity contribution < 1.29 is 27.1 Å². The van der Waals surface area contributed by atoms with E-state index in [1.807, 2.05) is 17.5 Å². The fourth-order valence-corrected chi connectivity index (χ4v) is 5.16. The minimum atomic E-state index is -4.08. The first-order chi connectivity index (χ1) is 13.8. The van der Waals surface area contributed by atoms with Gasteiger partial charge in [-0.1, -0.05) is 18.2 Å². The van der Waals surface area contributed by atoms with E-state index in [0.29, 0.717) is 5.56 Å². The molecule has 1 amide bonds. The second-order valence-corrected chi connectivity index (χ2v) is 9.23. The van der Waals surface area contributed by atoms with Gasteiger partial charge >= 0.3 is 5.97 Å². The molecule has 0 saturated carbocycles. The van der Waals surface area contributed by atoms with Gasteiger partial charge in [0.25, 0.3) is 5.91 Å². The summed E-state index contributed by atoms with van der Waals surface area (Å²) in [5.41, 5.74) is 0.656. The summed E-state index contributed by atoms with van der Waals surface area (Å²) < 4.78 is 41.1. The number of primary sulfonamides is 1. The standard InChI is InChI=1S/C18H15FN2O5S3/c19-12-5-3-11(4-6-12)16(13-2-1-8-27-13)21-15(22)10-26-18(23)17-14(7-9-28-17)29(20,24)25/h1-9,16H,10H2,(H,21,22)(H2,20,24,25). The first kappa shape index (κ1) is 21.1. The molecule has 3 rings (SSSR count). The van der Waals surface area contributed by atoms with Crippen molar-refractivity contribution in [3.05, 3.63) is 74.4 Å². The van der Waals surface area contributed by atoms with Gasteiger partial charge in [0.1, 0.15) is 15.6 Å². The van der Waals surface area contributed by atoms with Crippen LogP contribution >= 0.6 is 22.7 Å². The molecule has 2 heterocycles. The Kier molecular flexibility index (Phi) is 6.42. The Bertz CT molecular complexity index is 1110. The summed E-state index contributed by atoms with van der Waals surface area (Å²) in [5.74, 6) is -1.97. The van der Waals surface area contributed by atoms with Crippen LogP contribution in [-0.4, -0.2) is 26.9 Å². The normalized spacial score (nSPS) is 12.3. The van der Waals surface area contributed by atoms with Crippen molar-refractivity contribution in [3.8, 4) is 0 Å². The summed E-state index contributed by atoms with van der Waals surface area (Å²) in [7, 11) is -4.08. The van der Waals surface area contributed by atoms with Gasteiger partial charge in [-0.3, -0.25) is 4.79 Å². The number of carbonyl (C=O) groups excluding carboxylic acids is 2. The van der Waals surface area contributed by atoms with E-state index in [1.165, 1.54) is 34.9 Å². The lowest BCUT2D eigenvalue weighted by Gasteiger charge is -2.18. The monoisotopic (exact) mass is 454 g/mol. The molecule has 0 saturated heterocycles. The average Bonchev–Trinajstić information content (AvgIpc) is 3.36. The van der Waals surface area contributed by atoms with Crippen LogP contribution in [0.15, 0.2) is 58.1 Å². The number of halogens is 1. The number of benzene rings is 1. The molecule has 0 fully saturated rings. The average molecular weight is 455 g/mol. The van der Waals surface area contributed by atoms with Crippen LogP contribution in [0.1, 0.15) is 26.2 Å². The Balaban J connectivity index is 1.69. The van der Waals surface area contributed by atoms with Crippen LogP contribution in [0.25, 0.3) is 0 Å².